The van der Waals surface area contributed by atoms with Gasteiger partial charge in [0.2, 0.25) is 11.9 Å². The predicted octanol–water partition coefficient (Wildman–Crippen LogP) is 3.77. The molecule has 3 amide bonds. The van der Waals surface area contributed by atoms with E-state index in [0.29, 0.717) is 40.1 Å². The Morgan fingerprint density at radius 2 is 1.79 bits per heavy atom. The molecule has 174 valence electrons. The molecule has 1 aliphatic heterocycles. The molecule has 0 atom stereocenters. The van der Waals surface area contributed by atoms with Crippen LogP contribution in [-0.2, 0) is 4.79 Å². The summed E-state index contributed by atoms with van der Waals surface area (Å²) in [5.74, 6) is 1.36. The molecule has 4 rings (SSSR count). The first-order valence-corrected chi connectivity index (χ1v) is 10.2. The molecule has 0 bridgehead atoms. The molecule has 0 fully saturated rings. The van der Waals surface area contributed by atoms with E-state index in [0.717, 1.165) is 0 Å². The molecule has 0 saturated heterocycles. The van der Waals surface area contributed by atoms with Gasteiger partial charge in [0, 0.05) is 25.2 Å². The van der Waals surface area contributed by atoms with Gasteiger partial charge in [0.1, 0.15) is 17.2 Å². The molecule has 11 nitrogen and oxygen atoms in total. The lowest BCUT2D eigenvalue weighted by molar-refractivity contribution is -0.111. The van der Waals surface area contributed by atoms with Crippen LogP contribution in [0.4, 0.5) is 39.3 Å². The van der Waals surface area contributed by atoms with Crippen LogP contribution in [0.15, 0.2) is 61.3 Å². The van der Waals surface area contributed by atoms with Crippen LogP contribution in [0.25, 0.3) is 0 Å². The van der Waals surface area contributed by atoms with E-state index < -0.39 is 0 Å². The molecule has 2 aromatic carbocycles. The smallest absolute Gasteiger partial charge is 0.348 e. The van der Waals surface area contributed by atoms with Crippen LogP contribution in [-0.4, -0.2) is 43.2 Å². The monoisotopic (exact) mass is 461 g/mol. The van der Waals surface area contributed by atoms with Gasteiger partial charge in [0.25, 0.3) is 0 Å². The molecule has 0 spiro atoms. The third-order valence-corrected chi connectivity index (χ3v) is 5.01. The first-order valence-electron chi connectivity index (χ1n) is 10.2. The molecule has 11 heteroatoms. The highest BCUT2D eigenvalue weighted by molar-refractivity contribution is 6.09. The third kappa shape index (κ3) is 4.39. The first-order chi connectivity index (χ1) is 16.4. The van der Waals surface area contributed by atoms with Crippen molar-refractivity contribution in [3.05, 3.63) is 61.3 Å². The van der Waals surface area contributed by atoms with E-state index in [1.165, 1.54) is 30.2 Å². The largest absolute Gasteiger partial charge is 0.497 e. The average Bonchev–Trinajstić information content (AvgIpc) is 2.87. The summed E-state index contributed by atoms with van der Waals surface area (Å²) >= 11 is 0. The van der Waals surface area contributed by atoms with E-state index in [-0.39, 0.29) is 17.9 Å². The minimum Gasteiger partial charge on any atom is -0.497 e. The lowest BCUT2D eigenvalue weighted by Gasteiger charge is -2.35. The second-order valence-electron chi connectivity index (χ2n) is 7.15. The molecule has 1 aliphatic rings. The zero-order valence-corrected chi connectivity index (χ0v) is 18.8. The van der Waals surface area contributed by atoms with Crippen molar-refractivity contribution in [1.82, 2.24) is 9.97 Å². The van der Waals surface area contributed by atoms with E-state index in [1.54, 1.807) is 49.6 Å². The summed E-state index contributed by atoms with van der Waals surface area (Å²) in [5.41, 5.74) is 5.20. The number of anilines is 6. The number of nitrogens with zero attached hydrogens (tertiary/aromatic N) is 4. The zero-order valence-electron chi connectivity index (χ0n) is 18.8. The van der Waals surface area contributed by atoms with Crippen molar-refractivity contribution >= 4 is 46.5 Å². The molecule has 3 N–H and O–H groups in total. The van der Waals surface area contributed by atoms with Gasteiger partial charge in [-0.25, -0.2) is 14.8 Å². The summed E-state index contributed by atoms with van der Waals surface area (Å²) in [6.45, 7) is 3.46. The number of benzene rings is 2. The number of aromatic nitrogens is 2. The number of amides is 3. The maximum absolute atomic E-state index is 13.1. The van der Waals surface area contributed by atoms with Crippen molar-refractivity contribution in [2.24, 2.45) is 0 Å². The van der Waals surface area contributed by atoms with Gasteiger partial charge < -0.3 is 20.1 Å². The summed E-state index contributed by atoms with van der Waals surface area (Å²) < 4.78 is 10.6. The average molecular weight is 461 g/mol. The highest BCUT2D eigenvalue weighted by Crippen LogP contribution is 2.35. The maximum atomic E-state index is 13.1. The Bertz CT molecular complexity index is 1240. The van der Waals surface area contributed by atoms with Gasteiger partial charge >= 0.3 is 6.03 Å². The number of nitrogens with one attached hydrogen (secondary N) is 3. The minimum atomic E-state index is -0.369. The van der Waals surface area contributed by atoms with E-state index >= 15 is 0 Å². The van der Waals surface area contributed by atoms with Crippen molar-refractivity contribution in [1.29, 1.82) is 0 Å². The lowest BCUT2D eigenvalue weighted by atomic mass is 10.2. The van der Waals surface area contributed by atoms with Gasteiger partial charge in [-0.3, -0.25) is 15.1 Å². The van der Waals surface area contributed by atoms with Gasteiger partial charge in [0.15, 0.2) is 5.82 Å². The zero-order chi connectivity index (χ0) is 24.2. The highest BCUT2D eigenvalue weighted by atomic mass is 16.5. The number of para-hydroxylation sites is 2. The van der Waals surface area contributed by atoms with Gasteiger partial charge in [0.05, 0.1) is 37.5 Å². The minimum absolute atomic E-state index is 0.247. The number of hydrazine groups is 1. The standard InChI is InChI=1S/C23H23N7O4/c1-5-20(31)25-17-8-6-7-9-18(17)26-22-24-13-19-21(27-22)29(2)23(32)30(28-19)14-10-15(33-3)12-16(11-14)34-4/h5-13,28H,1H2,2-4H3,(H,25,31)(H,24,26,27). The third-order valence-electron chi connectivity index (χ3n) is 5.01. The van der Waals surface area contributed by atoms with Gasteiger partial charge in [-0.1, -0.05) is 18.7 Å². The van der Waals surface area contributed by atoms with Crippen LogP contribution in [0.5, 0.6) is 11.5 Å². The Morgan fingerprint density at radius 3 is 2.44 bits per heavy atom. The van der Waals surface area contributed by atoms with E-state index in [1.807, 2.05) is 6.07 Å². The fraction of sp³-hybridized carbons (Fsp3) is 0.130. The Kier molecular flexibility index (Phi) is 6.17. The van der Waals surface area contributed by atoms with Crippen LogP contribution in [0.1, 0.15) is 0 Å². The highest BCUT2D eigenvalue weighted by Gasteiger charge is 2.31. The quantitative estimate of drug-likeness (QED) is 0.455. The summed E-state index contributed by atoms with van der Waals surface area (Å²) in [7, 11) is 4.69. The number of rotatable bonds is 7. The fourth-order valence-electron chi connectivity index (χ4n) is 3.28. The molecule has 2 heterocycles. The second kappa shape index (κ2) is 9.36. The predicted molar refractivity (Wildman–Crippen MR) is 130 cm³/mol. The topological polar surface area (TPSA) is 121 Å². The lowest BCUT2D eigenvalue weighted by Crippen LogP contribution is -2.49. The molecular formula is C23H23N7O4. The summed E-state index contributed by atoms with van der Waals surface area (Å²) in [6.07, 6.45) is 2.74. The molecule has 0 unspecified atom stereocenters. The summed E-state index contributed by atoms with van der Waals surface area (Å²) in [4.78, 5) is 35.1. The van der Waals surface area contributed by atoms with Crippen LogP contribution in [0.3, 0.4) is 0 Å². The molecule has 0 aliphatic carbocycles. The molecule has 34 heavy (non-hydrogen) atoms. The number of ether oxygens (including phenoxy) is 2. The number of carbonyl (C=O) groups excluding carboxylic acids is 2. The number of carbonyl (C=O) groups is 2. The first kappa shape index (κ1) is 22.4. The molecule has 3 aromatic rings. The van der Waals surface area contributed by atoms with Crippen molar-refractivity contribution in [3.8, 4) is 11.5 Å². The number of hydrogen-bond donors (Lipinski definition) is 3. The van der Waals surface area contributed by atoms with Gasteiger partial charge in [-0.05, 0) is 18.2 Å². The van der Waals surface area contributed by atoms with E-state index in [2.05, 4.69) is 32.6 Å². The van der Waals surface area contributed by atoms with Crippen molar-refractivity contribution < 1.29 is 19.1 Å². The summed E-state index contributed by atoms with van der Waals surface area (Å²) in [5, 5.41) is 7.15. The maximum Gasteiger partial charge on any atom is 0.348 e. The van der Waals surface area contributed by atoms with Crippen LogP contribution in [0, 0.1) is 0 Å². The SMILES string of the molecule is C=CC(=O)Nc1ccccc1Nc1ncc2c(n1)N(C)C(=O)N(c1cc(OC)cc(OC)c1)N2. The Labute approximate surface area is 196 Å². The molecule has 0 saturated carbocycles. The van der Waals surface area contributed by atoms with Gasteiger partial charge in [-0.15, -0.1) is 0 Å². The van der Waals surface area contributed by atoms with Crippen molar-refractivity contribution in [2.75, 3.05) is 47.2 Å². The molecule has 1 aromatic heterocycles. The second-order valence-corrected chi connectivity index (χ2v) is 7.15. The molecular weight excluding hydrogens is 438 g/mol. The Morgan fingerprint density at radius 1 is 1.12 bits per heavy atom. The van der Waals surface area contributed by atoms with Crippen molar-refractivity contribution in [3.63, 3.8) is 0 Å². The van der Waals surface area contributed by atoms with E-state index in [4.69, 9.17) is 9.47 Å². The normalized spacial score (nSPS) is 12.4. The van der Waals surface area contributed by atoms with Crippen molar-refractivity contribution in [2.45, 2.75) is 0 Å². The summed E-state index contributed by atoms with van der Waals surface area (Å²) in [6, 6.07) is 11.9. The van der Waals surface area contributed by atoms with Crippen LogP contribution in [0.2, 0.25) is 0 Å². The van der Waals surface area contributed by atoms with E-state index in [9.17, 15) is 9.59 Å². The van der Waals surface area contributed by atoms with Gasteiger partial charge in [-0.2, -0.15) is 4.98 Å². The number of hydrogen-bond acceptors (Lipinski definition) is 8. The molecule has 0 radical (unpaired) electrons. The Balaban J connectivity index is 1.62. The number of fused-ring (bicyclic) bond motifs is 1. The number of methoxy groups -OCH3 is 2. The number of urea groups is 1. The fourth-order valence-corrected chi connectivity index (χ4v) is 3.28. The Hall–Kier alpha value is -4.80. The van der Waals surface area contributed by atoms with Crippen LogP contribution < -0.4 is 35.4 Å². The van der Waals surface area contributed by atoms with Crippen LogP contribution >= 0.6 is 0 Å².